The molecular weight excluding hydrogens is 198 g/mol. The number of hydrogen-bond acceptors (Lipinski definition) is 5. The minimum Gasteiger partial charge on any atom is -0.393 e. The van der Waals surface area contributed by atoms with Crippen LogP contribution in [0.2, 0.25) is 0 Å². The van der Waals surface area contributed by atoms with Gasteiger partial charge in [0.2, 0.25) is 5.13 Å². The third-order valence-corrected chi connectivity index (χ3v) is 3.24. The molecule has 0 spiro atoms. The van der Waals surface area contributed by atoms with Crippen molar-refractivity contribution in [1.29, 1.82) is 0 Å². The first kappa shape index (κ1) is 9.86. The van der Waals surface area contributed by atoms with E-state index in [1.54, 1.807) is 0 Å². The van der Waals surface area contributed by atoms with Gasteiger partial charge in [-0.25, -0.2) is 4.98 Å². The molecule has 1 heterocycles. The first-order valence-electron chi connectivity index (χ1n) is 4.99. The van der Waals surface area contributed by atoms with E-state index in [1.807, 2.05) is 6.92 Å². The third kappa shape index (κ3) is 2.42. The summed E-state index contributed by atoms with van der Waals surface area (Å²) in [4.78, 5) is 4.24. The number of aliphatic hydroxyl groups is 1. The van der Waals surface area contributed by atoms with Crippen LogP contribution in [0.15, 0.2) is 0 Å². The van der Waals surface area contributed by atoms with E-state index < -0.39 is 0 Å². The molecular formula is C9H15N3OS. The van der Waals surface area contributed by atoms with Gasteiger partial charge in [0.15, 0.2) is 0 Å². The second-order valence-electron chi connectivity index (χ2n) is 3.81. The van der Waals surface area contributed by atoms with E-state index in [0.717, 1.165) is 36.6 Å². The Labute approximate surface area is 87.5 Å². The Bertz CT molecular complexity index is 302. The van der Waals surface area contributed by atoms with Crippen molar-refractivity contribution >= 4 is 16.7 Å². The van der Waals surface area contributed by atoms with Gasteiger partial charge in [0.1, 0.15) is 5.82 Å². The summed E-state index contributed by atoms with van der Waals surface area (Å²) in [6, 6.07) is 0.367. The summed E-state index contributed by atoms with van der Waals surface area (Å²) < 4.78 is 4.11. The third-order valence-electron chi connectivity index (χ3n) is 2.50. The minimum absolute atomic E-state index is 0.143. The molecule has 1 aliphatic rings. The van der Waals surface area contributed by atoms with Crippen molar-refractivity contribution in [3.05, 3.63) is 5.82 Å². The van der Waals surface area contributed by atoms with Gasteiger partial charge < -0.3 is 10.4 Å². The highest BCUT2D eigenvalue weighted by molar-refractivity contribution is 7.09. The Hall–Kier alpha value is -0.680. The molecule has 1 fully saturated rings. The highest BCUT2D eigenvalue weighted by Gasteiger charge is 2.20. The molecule has 5 heteroatoms. The Morgan fingerprint density at radius 3 is 3.00 bits per heavy atom. The van der Waals surface area contributed by atoms with E-state index in [2.05, 4.69) is 14.7 Å². The van der Waals surface area contributed by atoms with Gasteiger partial charge in [-0.2, -0.15) is 4.37 Å². The zero-order valence-corrected chi connectivity index (χ0v) is 9.05. The predicted molar refractivity (Wildman–Crippen MR) is 56.5 cm³/mol. The average Bonchev–Trinajstić information content (AvgIpc) is 2.51. The van der Waals surface area contributed by atoms with Crippen LogP contribution in [0.3, 0.4) is 0 Å². The Morgan fingerprint density at radius 2 is 2.36 bits per heavy atom. The quantitative estimate of drug-likeness (QED) is 0.782. The molecule has 1 saturated carbocycles. The fourth-order valence-corrected chi connectivity index (χ4v) is 2.48. The molecule has 1 aromatic rings. The zero-order valence-electron chi connectivity index (χ0n) is 8.23. The van der Waals surface area contributed by atoms with Crippen LogP contribution in [0.25, 0.3) is 0 Å². The van der Waals surface area contributed by atoms with Crippen LogP contribution < -0.4 is 5.32 Å². The summed E-state index contributed by atoms with van der Waals surface area (Å²) in [6.07, 6.45) is 3.84. The molecule has 2 rings (SSSR count). The van der Waals surface area contributed by atoms with Crippen LogP contribution in [0.5, 0.6) is 0 Å². The van der Waals surface area contributed by atoms with Crippen LogP contribution in [0.4, 0.5) is 5.13 Å². The minimum atomic E-state index is -0.143. The Balaban J connectivity index is 1.90. The molecule has 1 aromatic heterocycles. The number of hydrogen-bond donors (Lipinski definition) is 2. The SMILES string of the molecule is Cc1nsc(NC2CCCC(O)C2)n1. The Kier molecular flexibility index (Phi) is 2.98. The lowest BCUT2D eigenvalue weighted by Gasteiger charge is -2.26. The van der Waals surface area contributed by atoms with E-state index in [-0.39, 0.29) is 6.10 Å². The number of aromatic nitrogens is 2. The van der Waals surface area contributed by atoms with Crippen molar-refractivity contribution in [1.82, 2.24) is 9.36 Å². The van der Waals surface area contributed by atoms with E-state index in [0.29, 0.717) is 6.04 Å². The van der Waals surface area contributed by atoms with Crippen LogP contribution >= 0.6 is 11.5 Å². The molecule has 1 aliphatic carbocycles. The summed E-state index contributed by atoms with van der Waals surface area (Å²) >= 11 is 1.39. The number of anilines is 1. The van der Waals surface area contributed by atoms with Gasteiger partial charge in [-0.1, -0.05) is 0 Å². The van der Waals surface area contributed by atoms with Crippen molar-refractivity contribution in [2.24, 2.45) is 0 Å². The second-order valence-corrected chi connectivity index (χ2v) is 4.56. The maximum Gasteiger partial charge on any atom is 0.202 e. The van der Waals surface area contributed by atoms with Crippen LogP contribution in [-0.4, -0.2) is 26.6 Å². The normalized spacial score (nSPS) is 27.6. The van der Waals surface area contributed by atoms with Crippen LogP contribution in [0, 0.1) is 6.92 Å². The molecule has 2 unspecified atom stereocenters. The van der Waals surface area contributed by atoms with Crippen molar-refractivity contribution < 1.29 is 5.11 Å². The first-order chi connectivity index (χ1) is 6.74. The highest BCUT2D eigenvalue weighted by atomic mass is 32.1. The topological polar surface area (TPSA) is 58.0 Å². The number of aliphatic hydroxyl groups excluding tert-OH is 1. The number of aryl methyl sites for hydroxylation is 1. The van der Waals surface area contributed by atoms with Gasteiger partial charge in [0, 0.05) is 17.6 Å². The van der Waals surface area contributed by atoms with E-state index in [4.69, 9.17) is 0 Å². The van der Waals surface area contributed by atoms with E-state index in [1.165, 1.54) is 11.5 Å². The molecule has 2 N–H and O–H groups in total. The molecule has 0 radical (unpaired) electrons. The summed E-state index contributed by atoms with van der Waals surface area (Å²) in [5.41, 5.74) is 0. The maximum absolute atomic E-state index is 9.49. The van der Waals surface area contributed by atoms with Crippen molar-refractivity contribution in [3.63, 3.8) is 0 Å². The summed E-state index contributed by atoms with van der Waals surface area (Å²) in [7, 11) is 0. The fourth-order valence-electron chi connectivity index (χ4n) is 1.83. The van der Waals surface area contributed by atoms with Gasteiger partial charge in [-0.15, -0.1) is 0 Å². The fraction of sp³-hybridized carbons (Fsp3) is 0.778. The van der Waals surface area contributed by atoms with Crippen LogP contribution in [-0.2, 0) is 0 Å². The molecule has 0 amide bonds. The molecule has 0 aliphatic heterocycles. The average molecular weight is 213 g/mol. The van der Waals surface area contributed by atoms with E-state index >= 15 is 0 Å². The van der Waals surface area contributed by atoms with Crippen LogP contribution in [0.1, 0.15) is 31.5 Å². The monoisotopic (exact) mass is 213 g/mol. The van der Waals surface area contributed by atoms with Crippen molar-refractivity contribution in [2.45, 2.75) is 44.8 Å². The molecule has 78 valence electrons. The lowest BCUT2D eigenvalue weighted by molar-refractivity contribution is 0.124. The lowest BCUT2D eigenvalue weighted by atomic mass is 9.93. The van der Waals surface area contributed by atoms with E-state index in [9.17, 15) is 5.11 Å². The molecule has 2 atom stereocenters. The standard InChI is InChI=1S/C9H15N3OS/c1-6-10-9(14-12-6)11-7-3-2-4-8(13)5-7/h7-8,13H,2-5H2,1H3,(H,10,11,12). The smallest absolute Gasteiger partial charge is 0.202 e. The Morgan fingerprint density at radius 1 is 1.50 bits per heavy atom. The molecule has 0 aromatic carbocycles. The molecule has 14 heavy (non-hydrogen) atoms. The molecule has 4 nitrogen and oxygen atoms in total. The predicted octanol–water partition coefficient (Wildman–Crippen LogP) is 1.56. The van der Waals surface area contributed by atoms with Crippen molar-refractivity contribution in [3.8, 4) is 0 Å². The second kappa shape index (κ2) is 4.23. The number of rotatable bonds is 2. The van der Waals surface area contributed by atoms with Gasteiger partial charge in [0.25, 0.3) is 0 Å². The summed E-state index contributed by atoms with van der Waals surface area (Å²) in [5, 5.41) is 13.7. The number of nitrogens with zero attached hydrogens (tertiary/aromatic N) is 2. The summed E-state index contributed by atoms with van der Waals surface area (Å²) in [6.45, 7) is 1.89. The number of nitrogens with one attached hydrogen (secondary N) is 1. The van der Waals surface area contributed by atoms with Gasteiger partial charge in [0.05, 0.1) is 6.10 Å². The lowest BCUT2D eigenvalue weighted by Crippen LogP contribution is -2.29. The highest BCUT2D eigenvalue weighted by Crippen LogP contribution is 2.22. The van der Waals surface area contributed by atoms with Crippen molar-refractivity contribution in [2.75, 3.05) is 5.32 Å². The first-order valence-corrected chi connectivity index (χ1v) is 5.76. The molecule has 0 saturated heterocycles. The maximum atomic E-state index is 9.49. The zero-order chi connectivity index (χ0) is 9.97. The molecule has 0 bridgehead atoms. The van der Waals surface area contributed by atoms with Gasteiger partial charge in [-0.05, 0) is 32.6 Å². The van der Waals surface area contributed by atoms with Gasteiger partial charge in [-0.3, -0.25) is 0 Å². The van der Waals surface area contributed by atoms with Gasteiger partial charge >= 0.3 is 0 Å². The largest absolute Gasteiger partial charge is 0.393 e. The summed E-state index contributed by atoms with van der Waals surface area (Å²) in [5.74, 6) is 0.814.